The Bertz CT molecular complexity index is 562. The normalized spacial score (nSPS) is 17.3. The number of carbonyl (C=O) groups excluding carboxylic acids is 1. The maximum absolute atomic E-state index is 11.1. The van der Waals surface area contributed by atoms with Crippen molar-refractivity contribution in [2.75, 3.05) is 19.9 Å². The molecule has 3 rings (SSSR count). The minimum atomic E-state index is -0.936. The molecular weight excluding hydrogens is 312 g/mol. The highest BCUT2D eigenvalue weighted by Gasteiger charge is 2.32. The predicted octanol–water partition coefficient (Wildman–Crippen LogP) is 1.77. The molecule has 0 aromatic heterocycles. The topological polar surface area (TPSA) is 102 Å². The van der Waals surface area contributed by atoms with Crippen molar-refractivity contribution in [3.8, 4) is 11.5 Å². The maximum Gasteiger partial charge on any atom is 0.326 e. The minimum absolute atomic E-state index is 0.107. The van der Waals surface area contributed by atoms with E-state index in [2.05, 4.69) is 0 Å². The van der Waals surface area contributed by atoms with Crippen LogP contribution in [0.2, 0.25) is 0 Å². The molecule has 7 heteroatoms. The van der Waals surface area contributed by atoms with Crippen molar-refractivity contribution in [2.24, 2.45) is 5.73 Å². The molecule has 0 spiro atoms. The largest absolute Gasteiger partial charge is 0.480 e. The number of aryl methyl sites for hydroxylation is 1. The number of hydrogen-bond acceptors (Lipinski definition) is 5. The van der Waals surface area contributed by atoms with Gasteiger partial charge < -0.3 is 25.2 Å². The van der Waals surface area contributed by atoms with Crippen LogP contribution in [-0.2, 0) is 9.59 Å². The van der Waals surface area contributed by atoms with Gasteiger partial charge in [0.05, 0.1) is 6.54 Å². The van der Waals surface area contributed by atoms with Gasteiger partial charge >= 0.3 is 5.97 Å². The smallest absolute Gasteiger partial charge is 0.326 e. The second kappa shape index (κ2) is 9.77. The van der Waals surface area contributed by atoms with Crippen LogP contribution in [-0.4, -0.2) is 47.8 Å². The number of carboxylic acid groups (broad SMARTS) is 1. The third-order valence-electron chi connectivity index (χ3n) is 3.56. The number of ether oxygens (including phenoxy) is 2. The summed E-state index contributed by atoms with van der Waals surface area (Å²) in [6, 6.07) is 5.26. The molecule has 7 nitrogen and oxygen atoms in total. The van der Waals surface area contributed by atoms with E-state index in [1.165, 1.54) is 10.5 Å². The summed E-state index contributed by atoms with van der Waals surface area (Å²) in [4.78, 5) is 23.0. The molecule has 134 valence electrons. The molecule has 2 aliphatic rings. The molecule has 0 radical (unpaired) electrons. The van der Waals surface area contributed by atoms with Gasteiger partial charge in [-0.1, -0.05) is 19.9 Å². The number of fused-ring (bicyclic) bond motifs is 1. The Kier molecular flexibility index (Phi) is 8.05. The summed E-state index contributed by atoms with van der Waals surface area (Å²) >= 11 is 0. The fourth-order valence-corrected chi connectivity index (χ4v) is 2.44. The van der Waals surface area contributed by atoms with E-state index in [1.54, 1.807) is 0 Å². The van der Waals surface area contributed by atoms with Gasteiger partial charge in [0.1, 0.15) is 6.04 Å². The molecule has 1 amide bonds. The van der Waals surface area contributed by atoms with Crippen LogP contribution < -0.4 is 15.2 Å². The number of benzene rings is 1. The van der Waals surface area contributed by atoms with Gasteiger partial charge in [0.2, 0.25) is 12.7 Å². The Labute approximate surface area is 142 Å². The van der Waals surface area contributed by atoms with Crippen LogP contribution in [0, 0.1) is 6.92 Å². The predicted molar refractivity (Wildman–Crippen MR) is 90.1 cm³/mol. The highest BCUT2D eigenvalue weighted by molar-refractivity contribution is 5.85. The first-order valence-corrected chi connectivity index (χ1v) is 8.11. The molecule has 1 unspecified atom stereocenters. The lowest BCUT2D eigenvalue weighted by Gasteiger charge is -2.20. The standard InChI is InChI=1S/C8H8O2.C7H12N2O3.C2H6/c1-6-2-3-7-8(4-6)10-5-9-7;8-4-6(10)9-3-1-2-5(9)7(11)12;1-2/h2-4H,5H2,1H3;5H,1-4,8H2,(H,11,12);1-2H3. The van der Waals surface area contributed by atoms with Gasteiger partial charge in [-0.25, -0.2) is 4.79 Å². The van der Waals surface area contributed by atoms with Crippen LogP contribution in [0.4, 0.5) is 0 Å². The van der Waals surface area contributed by atoms with Gasteiger partial charge in [-0.05, 0) is 37.5 Å². The van der Waals surface area contributed by atoms with E-state index >= 15 is 0 Å². The molecule has 1 atom stereocenters. The number of nitrogens with zero attached hydrogens (tertiary/aromatic N) is 1. The van der Waals surface area contributed by atoms with Crippen LogP contribution in [0.5, 0.6) is 11.5 Å². The summed E-state index contributed by atoms with van der Waals surface area (Å²) in [5.41, 5.74) is 6.33. The lowest BCUT2D eigenvalue weighted by Crippen LogP contribution is -2.43. The molecule has 1 saturated heterocycles. The number of carboxylic acids is 1. The van der Waals surface area contributed by atoms with E-state index in [0.29, 0.717) is 19.8 Å². The molecule has 1 aromatic carbocycles. The SMILES string of the molecule is CC.Cc1ccc2c(c1)OCO2.NCC(=O)N1CCCC1C(=O)O. The third kappa shape index (κ3) is 5.13. The van der Waals surface area contributed by atoms with Crippen molar-refractivity contribution in [3.63, 3.8) is 0 Å². The van der Waals surface area contributed by atoms with Crippen LogP contribution in [0.3, 0.4) is 0 Å². The molecule has 2 aliphatic heterocycles. The Morgan fingerprint density at radius 2 is 1.96 bits per heavy atom. The van der Waals surface area contributed by atoms with Gasteiger partial charge in [0.15, 0.2) is 11.5 Å². The zero-order valence-corrected chi connectivity index (χ0v) is 14.4. The molecule has 24 heavy (non-hydrogen) atoms. The van der Waals surface area contributed by atoms with Crippen LogP contribution in [0.1, 0.15) is 32.3 Å². The molecule has 0 aliphatic carbocycles. The number of rotatable bonds is 2. The summed E-state index contributed by atoms with van der Waals surface area (Å²) in [5.74, 6) is 0.500. The van der Waals surface area contributed by atoms with Crippen molar-refractivity contribution in [1.82, 2.24) is 4.90 Å². The minimum Gasteiger partial charge on any atom is -0.480 e. The molecular formula is C17H26N2O5. The Morgan fingerprint density at radius 3 is 2.58 bits per heavy atom. The Balaban J connectivity index is 0.000000220. The Morgan fingerprint density at radius 1 is 1.29 bits per heavy atom. The lowest BCUT2D eigenvalue weighted by atomic mass is 10.2. The fraction of sp³-hybridized carbons (Fsp3) is 0.529. The first-order valence-electron chi connectivity index (χ1n) is 8.11. The monoisotopic (exact) mass is 338 g/mol. The molecule has 2 heterocycles. The zero-order valence-electron chi connectivity index (χ0n) is 14.4. The summed E-state index contributed by atoms with van der Waals surface area (Å²) in [6.07, 6.45) is 1.30. The fourth-order valence-electron chi connectivity index (χ4n) is 2.44. The molecule has 1 fully saturated rings. The first-order chi connectivity index (χ1) is 11.5. The number of nitrogens with two attached hydrogens (primary N) is 1. The highest BCUT2D eigenvalue weighted by Crippen LogP contribution is 2.31. The van der Waals surface area contributed by atoms with E-state index in [9.17, 15) is 9.59 Å². The van der Waals surface area contributed by atoms with Gasteiger partial charge in [0.25, 0.3) is 0 Å². The molecule has 3 N–H and O–H groups in total. The van der Waals surface area contributed by atoms with E-state index in [0.717, 1.165) is 17.9 Å². The molecule has 1 aromatic rings. The highest BCUT2D eigenvalue weighted by atomic mass is 16.7. The summed E-state index contributed by atoms with van der Waals surface area (Å²) < 4.78 is 10.3. The second-order valence-electron chi connectivity index (χ2n) is 5.14. The number of hydrogen-bond donors (Lipinski definition) is 2. The second-order valence-corrected chi connectivity index (χ2v) is 5.14. The molecule has 0 saturated carbocycles. The maximum atomic E-state index is 11.1. The van der Waals surface area contributed by atoms with Crippen molar-refractivity contribution >= 4 is 11.9 Å². The average Bonchev–Trinajstić information content (AvgIpc) is 3.25. The van der Waals surface area contributed by atoms with Crippen molar-refractivity contribution in [3.05, 3.63) is 23.8 Å². The average molecular weight is 338 g/mol. The van der Waals surface area contributed by atoms with Crippen molar-refractivity contribution in [1.29, 1.82) is 0 Å². The Hall–Kier alpha value is -2.28. The number of aliphatic carboxylic acids is 1. The number of amides is 1. The van der Waals surface area contributed by atoms with Gasteiger partial charge in [-0.2, -0.15) is 0 Å². The number of carbonyl (C=O) groups is 2. The van der Waals surface area contributed by atoms with E-state index in [-0.39, 0.29) is 12.5 Å². The van der Waals surface area contributed by atoms with Crippen molar-refractivity contribution in [2.45, 2.75) is 39.7 Å². The van der Waals surface area contributed by atoms with E-state index in [1.807, 2.05) is 39.0 Å². The molecule has 0 bridgehead atoms. The van der Waals surface area contributed by atoms with Gasteiger partial charge in [-0.15, -0.1) is 0 Å². The summed E-state index contributed by atoms with van der Waals surface area (Å²) in [7, 11) is 0. The van der Waals surface area contributed by atoms with E-state index < -0.39 is 12.0 Å². The van der Waals surface area contributed by atoms with Crippen molar-refractivity contribution < 1.29 is 24.2 Å². The quantitative estimate of drug-likeness (QED) is 0.852. The van der Waals surface area contributed by atoms with Gasteiger partial charge in [0, 0.05) is 6.54 Å². The van der Waals surface area contributed by atoms with Gasteiger partial charge in [-0.3, -0.25) is 4.79 Å². The first kappa shape index (κ1) is 19.8. The third-order valence-corrected chi connectivity index (χ3v) is 3.56. The zero-order chi connectivity index (χ0) is 18.1. The number of likely N-dealkylation sites (tertiary alicyclic amines) is 1. The van der Waals surface area contributed by atoms with Crippen LogP contribution in [0.15, 0.2) is 18.2 Å². The summed E-state index contributed by atoms with van der Waals surface area (Å²) in [5, 5.41) is 8.69. The van der Waals surface area contributed by atoms with Crippen LogP contribution in [0.25, 0.3) is 0 Å². The van der Waals surface area contributed by atoms with E-state index in [4.69, 9.17) is 20.3 Å². The van der Waals surface area contributed by atoms with Crippen LogP contribution >= 0.6 is 0 Å². The summed E-state index contributed by atoms with van der Waals surface area (Å²) in [6.45, 7) is 6.80. The lowest BCUT2D eigenvalue weighted by molar-refractivity contribution is -0.147.